The van der Waals surface area contributed by atoms with E-state index >= 15 is 0 Å². The highest BCUT2D eigenvalue weighted by molar-refractivity contribution is 5.99. The Morgan fingerprint density at radius 1 is 0.636 bits per heavy atom. The van der Waals surface area contributed by atoms with Crippen LogP contribution in [0.4, 0.5) is 0 Å². The molecule has 108 valence electrons. The summed E-state index contributed by atoms with van der Waals surface area (Å²) in [5, 5.41) is 19.5. The summed E-state index contributed by atoms with van der Waals surface area (Å²) < 4.78 is 0. The molecule has 3 nitrogen and oxygen atoms in total. The van der Waals surface area contributed by atoms with Gasteiger partial charge in [-0.15, -0.1) is 0 Å². The third kappa shape index (κ3) is 2.44. The highest BCUT2D eigenvalue weighted by atomic mass is 16.4. The van der Waals surface area contributed by atoms with Crippen LogP contribution in [0.25, 0.3) is 22.3 Å². The van der Waals surface area contributed by atoms with Gasteiger partial charge in [0, 0.05) is 5.56 Å². The van der Waals surface area contributed by atoms with Gasteiger partial charge in [-0.05, 0) is 28.8 Å². The first-order chi connectivity index (χ1) is 10.7. The molecule has 0 saturated carbocycles. The number of phenols is 1. The van der Waals surface area contributed by atoms with E-state index in [0.29, 0.717) is 11.1 Å². The molecule has 3 heteroatoms. The number of aromatic carboxylic acids is 1. The Kier molecular flexibility index (Phi) is 3.62. The first-order valence-corrected chi connectivity index (χ1v) is 6.88. The lowest BCUT2D eigenvalue weighted by Crippen LogP contribution is -1.99. The molecule has 0 aliphatic rings. The van der Waals surface area contributed by atoms with Gasteiger partial charge in [0.2, 0.25) is 0 Å². The second kappa shape index (κ2) is 5.74. The highest BCUT2D eigenvalue weighted by Crippen LogP contribution is 2.37. The van der Waals surface area contributed by atoms with E-state index in [1.807, 2.05) is 42.5 Å². The maximum atomic E-state index is 11.5. The molecule has 3 rings (SSSR count). The summed E-state index contributed by atoms with van der Waals surface area (Å²) in [6.45, 7) is 0. The lowest BCUT2D eigenvalue weighted by Gasteiger charge is -2.13. The van der Waals surface area contributed by atoms with Crippen LogP contribution in [0.3, 0.4) is 0 Å². The topological polar surface area (TPSA) is 57.5 Å². The van der Waals surface area contributed by atoms with Crippen molar-refractivity contribution in [3.63, 3.8) is 0 Å². The minimum Gasteiger partial charge on any atom is -0.507 e. The van der Waals surface area contributed by atoms with Crippen LogP contribution in [0.15, 0.2) is 72.8 Å². The smallest absolute Gasteiger partial charge is 0.336 e. The van der Waals surface area contributed by atoms with Crippen molar-refractivity contribution in [3.05, 3.63) is 78.4 Å². The summed E-state index contributed by atoms with van der Waals surface area (Å²) >= 11 is 0. The van der Waals surface area contributed by atoms with Crippen molar-refractivity contribution < 1.29 is 15.0 Å². The van der Waals surface area contributed by atoms with E-state index in [1.165, 1.54) is 0 Å². The van der Waals surface area contributed by atoms with Crippen LogP contribution in [-0.4, -0.2) is 16.2 Å². The SMILES string of the molecule is O=C(O)c1ccccc1-c1ccccc1-c1ccccc1O. The standard InChI is InChI=1S/C19H14O3/c20-18-12-6-5-10-16(18)14-8-2-1-7-13(14)15-9-3-4-11-17(15)19(21)22/h1-12,20H,(H,21,22). The molecule has 0 spiro atoms. The summed E-state index contributed by atoms with van der Waals surface area (Å²) in [4.78, 5) is 11.5. The van der Waals surface area contributed by atoms with Gasteiger partial charge in [0.25, 0.3) is 0 Å². The van der Waals surface area contributed by atoms with E-state index in [9.17, 15) is 15.0 Å². The Bertz CT molecular complexity index is 837. The molecular formula is C19H14O3. The average Bonchev–Trinajstić information content (AvgIpc) is 2.55. The first kappa shape index (κ1) is 13.9. The van der Waals surface area contributed by atoms with Crippen LogP contribution in [0, 0.1) is 0 Å². The number of carbonyl (C=O) groups is 1. The Balaban J connectivity index is 2.27. The molecule has 2 N–H and O–H groups in total. The molecule has 0 radical (unpaired) electrons. The van der Waals surface area contributed by atoms with Crippen molar-refractivity contribution in [3.8, 4) is 28.0 Å². The predicted molar refractivity (Wildman–Crippen MR) is 85.9 cm³/mol. The number of carboxylic acid groups (broad SMARTS) is 1. The molecule has 0 heterocycles. The normalized spacial score (nSPS) is 10.4. The molecule has 0 aliphatic carbocycles. The van der Waals surface area contributed by atoms with Crippen molar-refractivity contribution in [1.29, 1.82) is 0 Å². The number of phenolic OH excluding ortho intramolecular Hbond substituents is 1. The Morgan fingerprint density at radius 2 is 1.09 bits per heavy atom. The molecule has 0 aliphatic heterocycles. The lowest BCUT2D eigenvalue weighted by molar-refractivity contribution is 0.0697. The Labute approximate surface area is 128 Å². The summed E-state index contributed by atoms with van der Waals surface area (Å²) in [5.74, 6) is -0.801. The van der Waals surface area contributed by atoms with Gasteiger partial charge in [0.05, 0.1) is 5.56 Å². The highest BCUT2D eigenvalue weighted by Gasteiger charge is 2.15. The van der Waals surface area contributed by atoms with Gasteiger partial charge in [-0.2, -0.15) is 0 Å². The van der Waals surface area contributed by atoms with Crippen molar-refractivity contribution >= 4 is 5.97 Å². The van der Waals surface area contributed by atoms with Gasteiger partial charge in [-0.1, -0.05) is 60.7 Å². The monoisotopic (exact) mass is 290 g/mol. The van der Waals surface area contributed by atoms with Gasteiger partial charge < -0.3 is 10.2 Å². The van der Waals surface area contributed by atoms with Crippen molar-refractivity contribution in [2.24, 2.45) is 0 Å². The number of hydrogen-bond acceptors (Lipinski definition) is 2. The predicted octanol–water partition coefficient (Wildman–Crippen LogP) is 4.42. The van der Waals surface area contributed by atoms with Crippen LogP contribution in [-0.2, 0) is 0 Å². The van der Waals surface area contributed by atoms with Crippen LogP contribution in [0.1, 0.15) is 10.4 Å². The fraction of sp³-hybridized carbons (Fsp3) is 0. The average molecular weight is 290 g/mol. The maximum absolute atomic E-state index is 11.5. The third-order valence-corrected chi connectivity index (χ3v) is 3.57. The Morgan fingerprint density at radius 3 is 1.68 bits per heavy atom. The molecule has 0 saturated heterocycles. The summed E-state index contributed by atoms with van der Waals surface area (Å²) in [6.07, 6.45) is 0. The van der Waals surface area contributed by atoms with E-state index in [2.05, 4.69) is 0 Å². The molecule has 3 aromatic carbocycles. The summed E-state index contributed by atoms with van der Waals surface area (Å²) in [5.41, 5.74) is 3.13. The van der Waals surface area contributed by atoms with Crippen molar-refractivity contribution in [2.45, 2.75) is 0 Å². The summed E-state index contributed by atoms with van der Waals surface area (Å²) in [7, 11) is 0. The van der Waals surface area contributed by atoms with E-state index in [0.717, 1.165) is 11.1 Å². The number of carboxylic acids is 1. The zero-order valence-electron chi connectivity index (χ0n) is 11.7. The van der Waals surface area contributed by atoms with Gasteiger partial charge in [-0.25, -0.2) is 4.79 Å². The van der Waals surface area contributed by atoms with Gasteiger partial charge in [0.1, 0.15) is 5.75 Å². The molecule has 0 aromatic heterocycles. The molecular weight excluding hydrogens is 276 g/mol. The van der Waals surface area contributed by atoms with Crippen LogP contribution < -0.4 is 0 Å². The van der Waals surface area contributed by atoms with Gasteiger partial charge >= 0.3 is 5.97 Å². The third-order valence-electron chi connectivity index (χ3n) is 3.57. The second-order valence-electron chi connectivity index (χ2n) is 4.91. The van der Waals surface area contributed by atoms with Gasteiger partial charge in [-0.3, -0.25) is 0 Å². The molecule has 0 atom stereocenters. The molecule has 0 fully saturated rings. The Hall–Kier alpha value is -3.07. The van der Waals surface area contributed by atoms with Crippen molar-refractivity contribution in [1.82, 2.24) is 0 Å². The number of rotatable bonds is 3. The fourth-order valence-electron chi connectivity index (χ4n) is 2.56. The molecule has 0 unspecified atom stereocenters. The minimum absolute atomic E-state index is 0.169. The number of para-hydroxylation sites is 1. The largest absolute Gasteiger partial charge is 0.507 e. The molecule has 3 aromatic rings. The van der Waals surface area contributed by atoms with E-state index in [-0.39, 0.29) is 11.3 Å². The van der Waals surface area contributed by atoms with E-state index in [1.54, 1.807) is 30.3 Å². The molecule has 0 amide bonds. The van der Waals surface area contributed by atoms with Gasteiger partial charge in [0.15, 0.2) is 0 Å². The number of benzene rings is 3. The molecule has 22 heavy (non-hydrogen) atoms. The van der Waals surface area contributed by atoms with Crippen LogP contribution in [0.2, 0.25) is 0 Å². The maximum Gasteiger partial charge on any atom is 0.336 e. The van der Waals surface area contributed by atoms with Crippen molar-refractivity contribution in [2.75, 3.05) is 0 Å². The molecule has 0 bridgehead atoms. The zero-order valence-corrected chi connectivity index (χ0v) is 11.7. The minimum atomic E-state index is -0.970. The zero-order chi connectivity index (χ0) is 15.5. The first-order valence-electron chi connectivity index (χ1n) is 6.88. The van der Waals surface area contributed by atoms with Crippen LogP contribution >= 0.6 is 0 Å². The quantitative estimate of drug-likeness (QED) is 0.750. The van der Waals surface area contributed by atoms with E-state index in [4.69, 9.17) is 0 Å². The number of aromatic hydroxyl groups is 1. The summed E-state index contributed by atoms with van der Waals surface area (Å²) in [6, 6.07) is 21.4. The lowest BCUT2D eigenvalue weighted by atomic mass is 9.91. The van der Waals surface area contributed by atoms with E-state index < -0.39 is 5.97 Å². The number of hydrogen-bond donors (Lipinski definition) is 2. The fourth-order valence-corrected chi connectivity index (χ4v) is 2.56. The second-order valence-corrected chi connectivity index (χ2v) is 4.91. The van der Waals surface area contributed by atoms with Crippen LogP contribution in [0.5, 0.6) is 5.75 Å².